The van der Waals surface area contributed by atoms with Gasteiger partial charge in [0.1, 0.15) is 5.75 Å². The number of hydrogen-bond donors (Lipinski definition) is 0. The van der Waals surface area contributed by atoms with Gasteiger partial charge in [-0.3, -0.25) is 0 Å². The number of rotatable bonds is 5. The highest BCUT2D eigenvalue weighted by Crippen LogP contribution is 2.37. The van der Waals surface area contributed by atoms with E-state index in [1.807, 2.05) is 55.5 Å². The van der Waals surface area contributed by atoms with Crippen molar-refractivity contribution in [3.63, 3.8) is 0 Å². The molecule has 0 N–H and O–H groups in total. The second kappa shape index (κ2) is 8.59. The molecule has 0 heterocycles. The Morgan fingerprint density at radius 1 is 0.733 bits per heavy atom. The number of hydrogen-bond acceptors (Lipinski definition) is 1. The number of ether oxygens (including phenoxy) is 1. The van der Waals surface area contributed by atoms with Crippen molar-refractivity contribution in [1.82, 2.24) is 0 Å². The zero-order valence-electron chi connectivity index (χ0n) is 17.6. The first-order valence-electron chi connectivity index (χ1n) is 10.7. The van der Waals surface area contributed by atoms with E-state index in [1.54, 1.807) is 12.1 Å². The summed E-state index contributed by atoms with van der Waals surface area (Å²) in [6.07, 6.45) is 1.33. The lowest BCUT2D eigenvalue weighted by Crippen LogP contribution is -2.22. The van der Waals surface area contributed by atoms with Crippen molar-refractivity contribution in [2.45, 2.75) is 51.6 Å². The van der Waals surface area contributed by atoms with Gasteiger partial charge < -0.3 is 4.74 Å². The third-order valence-corrected chi connectivity index (χ3v) is 6.22. The minimum atomic E-state index is -3.37. The van der Waals surface area contributed by atoms with Crippen LogP contribution in [-0.2, 0) is 6.11 Å². The van der Waals surface area contributed by atoms with Crippen molar-refractivity contribution in [3.05, 3.63) is 89.5 Å². The van der Waals surface area contributed by atoms with Crippen molar-refractivity contribution in [1.29, 1.82) is 0 Å². The Labute approximate surface area is 177 Å². The smallest absolute Gasteiger partial charge is 0.426 e. The van der Waals surface area contributed by atoms with Crippen molar-refractivity contribution >= 4 is 0 Å². The van der Waals surface area contributed by atoms with Crippen molar-refractivity contribution < 1.29 is 13.5 Å². The van der Waals surface area contributed by atoms with Crippen LogP contribution in [0.5, 0.6) is 5.75 Å². The average Bonchev–Trinajstić information content (AvgIpc) is 2.75. The molecule has 30 heavy (non-hydrogen) atoms. The van der Waals surface area contributed by atoms with Crippen molar-refractivity contribution in [2.75, 3.05) is 0 Å². The summed E-state index contributed by atoms with van der Waals surface area (Å²) in [7, 11) is 0. The molecule has 0 unspecified atom stereocenters. The first kappa shape index (κ1) is 20.6. The fraction of sp³-hybridized carbons (Fsp3) is 0.333. The topological polar surface area (TPSA) is 9.23 Å². The van der Waals surface area contributed by atoms with Gasteiger partial charge in [-0.2, -0.15) is 8.78 Å². The second-order valence-corrected chi connectivity index (χ2v) is 8.59. The van der Waals surface area contributed by atoms with Crippen LogP contribution in [-0.4, -0.2) is 0 Å². The lowest BCUT2D eigenvalue weighted by atomic mass is 9.79. The Kier molecular flexibility index (Phi) is 5.90. The molecule has 0 atom stereocenters. The molecule has 0 bridgehead atoms. The van der Waals surface area contributed by atoms with Gasteiger partial charge in [-0.05, 0) is 72.6 Å². The maximum atomic E-state index is 14.7. The van der Waals surface area contributed by atoms with Crippen LogP contribution >= 0.6 is 0 Å². The van der Waals surface area contributed by atoms with E-state index in [1.165, 1.54) is 30.5 Å². The first-order valence-corrected chi connectivity index (χ1v) is 10.7. The normalized spacial score (nSPS) is 19.5. The Morgan fingerprint density at radius 2 is 1.27 bits per heavy atom. The summed E-state index contributed by atoms with van der Waals surface area (Å²) >= 11 is 0. The second-order valence-electron chi connectivity index (χ2n) is 8.59. The Morgan fingerprint density at radius 3 is 1.83 bits per heavy atom. The molecule has 3 aromatic carbocycles. The summed E-state index contributed by atoms with van der Waals surface area (Å²) < 4.78 is 34.5. The van der Waals surface area contributed by atoms with Crippen LogP contribution in [0.15, 0.2) is 72.8 Å². The molecular formula is C27H28F2O. The lowest BCUT2D eigenvalue weighted by Gasteiger charge is -2.27. The summed E-state index contributed by atoms with van der Waals surface area (Å²) in [4.78, 5) is 0. The van der Waals surface area contributed by atoms with Crippen LogP contribution in [0.25, 0.3) is 11.1 Å². The molecule has 0 saturated heterocycles. The highest BCUT2D eigenvalue weighted by atomic mass is 19.3. The van der Waals surface area contributed by atoms with E-state index in [9.17, 15) is 8.78 Å². The third kappa shape index (κ3) is 4.72. The zero-order chi connectivity index (χ0) is 21.1. The standard InChI is InChI=1S/C27H28F2O/c1-19-3-7-21(8-4-19)23-11-15-25(16-12-23)27(28,29)30-26-17-13-24(14-18-26)22-9-5-20(2)6-10-22/h5-6,9-19,21H,3-4,7-8H2,1-2H3. The predicted octanol–water partition coefficient (Wildman–Crippen LogP) is 8.08. The van der Waals surface area contributed by atoms with Crippen LogP contribution < -0.4 is 4.74 Å². The fourth-order valence-corrected chi connectivity index (χ4v) is 4.21. The molecule has 0 aliphatic heterocycles. The third-order valence-electron chi connectivity index (χ3n) is 6.22. The lowest BCUT2D eigenvalue weighted by molar-refractivity contribution is -0.185. The van der Waals surface area contributed by atoms with E-state index in [0.717, 1.165) is 35.4 Å². The van der Waals surface area contributed by atoms with Gasteiger partial charge >= 0.3 is 6.11 Å². The van der Waals surface area contributed by atoms with Crippen LogP contribution in [0.1, 0.15) is 55.2 Å². The maximum Gasteiger partial charge on any atom is 0.426 e. The SMILES string of the molecule is Cc1ccc(-c2ccc(OC(F)(F)c3ccc(C4CCC(C)CC4)cc3)cc2)cc1. The molecule has 0 amide bonds. The van der Waals surface area contributed by atoms with E-state index in [0.29, 0.717) is 5.92 Å². The minimum absolute atomic E-state index is 0.113. The molecule has 1 saturated carbocycles. The molecule has 0 spiro atoms. The van der Waals surface area contributed by atoms with Crippen LogP contribution in [0.3, 0.4) is 0 Å². The molecule has 0 aromatic heterocycles. The van der Waals surface area contributed by atoms with Crippen LogP contribution in [0.4, 0.5) is 8.78 Å². The maximum absolute atomic E-state index is 14.7. The van der Waals surface area contributed by atoms with Gasteiger partial charge in [0.25, 0.3) is 0 Å². The van der Waals surface area contributed by atoms with E-state index in [4.69, 9.17) is 4.74 Å². The summed E-state index contributed by atoms with van der Waals surface area (Å²) in [5.41, 5.74) is 4.24. The number of aryl methyl sites for hydroxylation is 1. The largest absolute Gasteiger partial charge is 0.429 e. The molecule has 3 aromatic rings. The molecule has 4 rings (SSSR count). The van der Waals surface area contributed by atoms with Crippen LogP contribution in [0.2, 0.25) is 0 Å². The molecule has 1 fully saturated rings. The summed E-state index contributed by atoms with van der Waals surface area (Å²) in [5.74, 6) is 1.41. The highest BCUT2D eigenvalue weighted by molar-refractivity contribution is 5.64. The zero-order valence-corrected chi connectivity index (χ0v) is 17.6. The fourth-order valence-electron chi connectivity index (χ4n) is 4.21. The van der Waals surface area contributed by atoms with Gasteiger partial charge in [0.05, 0.1) is 5.56 Å². The van der Waals surface area contributed by atoms with Gasteiger partial charge in [-0.15, -0.1) is 0 Å². The Bertz CT molecular complexity index is 951. The predicted molar refractivity (Wildman–Crippen MR) is 118 cm³/mol. The van der Waals surface area contributed by atoms with Gasteiger partial charge in [-0.25, -0.2) is 0 Å². The number of halogens is 2. The Hall–Kier alpha value is -2.68. The summed E-state index contributed by atoms with van der Waals surface area (Å²) in [6.45, 7) is 4.31. The van der Waals surface area contributed by atoms with Crippen molar-refractivity contribution in [2.24, 2.45) is 5.92 Å². The number of alkyl halides is 2. The number of benzene rings is 3. The molecule has 1 aliphatic carbocycles. The molecule has 3 heteroatoms. The van der Waals surface area contributed by atoms with Gasteiger partial charge in [-0.1, -0.05) is 73.9 Å². The minimum Gasteiger partial charge on any atom is -0.429 e. The molecular weight excluding hydrogens is 378 g/mol. The van der Waals surface area contributed by atoms with Crippen molar-refractivity contribution in [3.8, 4) is 16.9 Å². The Balaban J connectivity index is 1.44. The van der Waals surface area contributed by atoms with Crippen LogP contribution in [0, 0.1) is 12.8 Å². The van der Waals surface area contributed by atoms with Gasteiger partial charge in [0, 0.05) is 0 Å². The monoisotopic (exact) mass is 406 g/mol. The van der Waals surface area contributed by atoms with E-state index in [-0.39, 0.29) is 11.3 Å². The van der Waals surface area contributed by atoms with E-state index < -0.39 is 6.11 Å². The summed E-state index contributed by atoms with van der Waals surface area (Å²) in [6, 6.07) is 21.6. The first-order chi connectivity index (χ1) is 14.4. The summed E-state index contributed by atoms with van der Waals surface area (Å²) in [5, 5.41) is 0. The highest BCUT2D eigenvalue weighted by Gasteiger charge is 2.34. The molecule has 1 aliphatic rings. The molecule has 156 valence electrons. The molecule has 0 radical (unpaired) electrons. The van der Waals surface area contributed by atoms with Gasteiger partial charge in [0.15, 0.2) is 0 Å². The van der Waals surface area contributed by atoms with E-state index in [2.05, 4.69) is 6.92 Å². The van der Waals surface area contributed by atoms with Gasteiger partial charge in [0.2, 0.25) is 0 Å². The molecule has 1 nitrogen and oxygen atoms in total. The quantitative estimate of drug-likeness (QED) is 0.416. The average molecular weight is 407 g/mol. The van der Waals surface area contributed by atoms with E-state index >= 15 is 0 Å².